The van der Waals surface area contributed by atoms with Crippen molar-refractivity contribution in [3.63, 3.8) is 0 Å². The molecule has 3 rings (SSSR count). The summed E-state index contributed by atoms with van der Waals surface area (Å²) in [6.07, 6.45) is 7.35. The summed E-state index contributed by atoms with van der Waals surface area (Å²) < 4.78 is 1.73. The van der Waals surface area contributed by atoms with Crippen LogP contribution in [0.2, 0.25) is 0 Å². The van der Waals surface area contributed by atoms with Crippen LogP contribution in [-0.4, -0.2) is 46.2 Å². The van der Waals surface area contributed by atoms with E-state index < -0.39 is 0 Å². The van der Waals surface area contributed by atoms with E-state index in [-0.39, 0.29) is 11.8 Å². The van der Waals surface area contributed by atoms with Gasteiger partial charge in [-0.05, 0) is 48.6 Å². The third-order valence-corrected chi connectivity index (χ3v) is 6.78. The number of hydrogen-bond donors (Lipinski definition) is 1. The van der Waals surface area contributed by atoms with Gasteiger partial charge >= 0.3 is 0 Å². The van der Waals surface area contributed by atoms with Gasteiger partial charge in [0.25, 0.3) is 11.8 Å². The predicted octanol–water partition coefficient (Wildman–Crippen LogP) is 4.40. The van der Waals surface area contributed by atoms with Crippen LogP contribution in [0.1, 0.15) is 80.8 Å². The molecule has 164 valence electrons. The van der Waals surface area contributed by atoms with Gasteiger partial charge in [0.15, 0.2) is 0 Å². The summed E-state index contributed by atoms with van der Waals surface area (Å²) in [5, 5.41) is 3.16. The van der Waals surface area contributed by atoms with Crippen molar-refractivity contribution in [2.45, 2.75) is 59.8 Å². The van der Waals surface area contributed by atoms with Gasteiger partial charge in [0.1, 0.15) is 17.0 Å². The summed E-state index contributed by atoms with van der Waals surface area (Å²) >= 11 is 0. The molecule has 1 N–H and O–H groups in total. The van der Waals surface area contributed by atoms with Gasteiger partial charge in [0, 0.05) is 26.3 Å². The number of nitrogens with one attached hydrogen (secondary N) is 1. The third-order valence-electron chi connectivity index (χ3n) is 6.78. The van der Waals surface area contributed by atoms with Crippen molar-refractivity contribution in [3.05, 3.63) is 35.8 Å². The van der Waals surface area contributed by atoms with E-state index in [1.807, 2.05) is 19.1 Å². The minimum absolute atomic E-state index is 0.114. The van der Waals surface area contributed by atoms with Gasteiger partial charge in [-0.2, -0.15) is 0 Å². The molecular formula is C24H36N4O2. The second-order valence-corrected chi connectivity index (χ2v) is 9.36. The van der Waals surface area contributed by atoms with Gasteiger partial charge in [-0.1, -0.05) is 46.6 Å². The summed E-state index contributed by atoms with van der Waals surface area (Å²) in [4.78, 5) is 31.7. The zero-order chi connectivity index (χ0) is 21.9. The van der Waals surface area contributed by atoms with Crippen molar-refractivity contribution in [2.75, 3.05) is 20.1 Å². The van der Waals surface area contributed by atoms with Gasteiger partial charge in [-0.3, -0.25) is 14.0 Å². The van der Waals surface area contributed by atoms with Crippen molar-refractivity contribution < 1.29 is 9.59 Å². The molecule has 0 radical (unpaired) electrons. The second kappa shape index (κ2) is 9.19. The molecule has 0 saturated heterocycles. The molecule has 2 unspecified atom stereocenters. The number of imidazole rings is 1. The minimum Gasteiger partial charge on any atom is -0.350 e. The zero-order valence-corrected chi connectivity index (χ0v) is 19.1. The Hall–Kier alpha value is -2.37. The van der Waals surface area contributed by atoms with Gasteiger partial charge in [0.05, 0.1) is 0 Å². The van der Waals surface area contributed by atoms with Crippen LogP contribution in [0.5, 0.6) is 0 Å². The van der Waals surface area contributed by atoms with E-state index >= 15 is 0 Å². The highest BCUT2D eigenvalue weighted by Gasteiger charge is 2.37. The SMILES string of the molecule is CCCN(C)C(=O)c1cn2c(C(=O)NCC3CCCC(C)(C)C3CC)cccc2n1. The van der Waals surface area contributed by atoms with Crippen LogP contribution in [-0.2, 0) is 0 Å². The maximum Gasteiger partial charge on any atom is 0.273 e. The molecule has 30 heavy (non-hydrogen) atoms. The lowest BCUT2D eigenvalue weighted by molar-refractivity contribution is 0.0661. The third kappa shape index (κ3) is 4.52. The van der Waals surface area contributed by atoms with Crippen LogP contribution in [0.25, 0.3) is 5.65 Å². The van der Waals surface area contributed by atoms with Crippen molar-refractivity contribution in [1.82, 2.24) is 19.6 Å². The van der Waals surface area contributed by atoms with Crippen molar-refractivity contribution in [2.24, 2.45) is 17.3 Å². The smallest absolute Gasteiger partial charge is 0.273 e. The number of fused-ring (bicyclic) bond motifs is 1. The zero-order valence-electron chi connectivity index (χ0n) is 19.1. The lowest BCUT2D eigenvalue weighted by Crippen LogP contribution is -2.41. The number of carbonyl (C=O) groups is 2. The fourth-order valence-electron chi connectivity index (χ4n) is 5.22. The quantitative estimate of drug-likeness (QED) is 0.733. The van der Waals surface area contributed by atoms with E-state index in [1.165, 1.54) is 19.3 Å². The van der Waals surface area contributed by atoms with E-state index in [9.17, 15) is 9.59 Å². The van der Waals surface area contributed by atoms with E-state index in [0.717, 1.165) is 12.8 Å². The Morgan fingerprint density at radius 3 is 2.77 bits per heavy atom. The number of nitrogens with zero attached hydrogens (tertiary/aromatic N) is 3. The molecule has 6 nitrogen and oxygen atoms in total. The molecule has 2 heterocycles. The Morgan fingerprint density at radius 1 is 1.30 bits per heavy atom. The summed E-state index contributed by atoms with van der Waals surface area (Å²) in [6, 6.07) is 5.43. The van der Waals surface area contributed by atoms with Gasteiger partial charge in [-0.15, -0.1) is 0 Å². The van der Waals surface area contributed by atoms with Crippen LogP contribution >= 0.6 is 0 Å². The van der Waals surface area contributed by atoms with Crippen molar-refractivity contribution in [1.29, 1.82) is 0 Å². The fraction of sp³-hybridized carbons (Fsp3) is 0.625. The number of carbonyl (C=O) groups excluding carboxylic acids is 2. The molecule has 2 aromatic heterocycles. The highest BCUT2D eigenvalue weighted by Crippen LogP contribution is 2.45. The predicted molar refractivity (Wildman–Crippen MR) is 120 cm³/mol. The van der Waals surface area contributed by atoms with E-state index in [1.54, 1.807) is 28.6 Å². The van der Waals surface area contributed by atoms with Gasteiger partial charge in [0.2, 0.25) is 0 Å². The molecule has 0 bridgehead atoms. The number of pyridine rings is 1. The summed E-state index contributed by atoms with van der Waals surface area (Å²) in [6.45, 7) is 10.4. The number of amides is 2. The lowest BCUT2D eigenvalue weighted by Gasteiger charge is -2.44. The summed E-state index contributed by atoms with van der Waals surface area (Å²) in [5.41, 5.74) is 1.82. The first-order chi connectivity index (χ1) is 14.3. The average Bonchev–Trinajstić information content (AvgIpc) is 3.15. The molecular weight excluding hydrogens is 376 g/mol. The normalized spacial score (nSPS) is 20.8. The standard InChI is InChI=1S/C24H36N4O2/c1-6-14-27(5)23(30)19-16-28-20(11-8-12-21(28)26-19)22(29)25-15-17-10-9-13-24(3,4)18(17)7-2/h8,11-12,16-18H,6-7,9-10,13-15H2,1-5H3,(H,25,29). The van der Waals surface area contributed by atoms with Crippen molar-refractivity contribution in [3.8, 4) is 0 Å². The largest absolute Gasteiger partial charge is 0.350 e. The summed E-state index contributed by atoms with van der Waals surface area (Å²) in [5.74, 6) is 0.887. The molecule has 1 aliphatic rings. The molecule has 0 aliphatic heterocycles. The molecule has 6 heteroatoms. The first-order valence-electron chi connectivity index (χ1n) is 11.3. The van der Waals surface area contributed by atoms with Gasteiger partial charge < -0.3 is 10.2 Å². The van der Waals surface area contributed by atoms with Crippen LogP contribution in [0.15, 0.2) is 24.4 Å². The topological polar surface area (TPSA) is 66.7 Å². The van der Waals surface area contributed by atoms with E-state index in [4.69, 9.17) is 0 Å². The minimum atomic E-state index is -0.123. The lowest BCUT2D eigenvalue weighted by atomic mass is 9.62. The first kappa shape index (κ1) is 22.3. The number of aromatic nitrogens is 2. The fourth-order valence-corrected chi connectivity index (χ4v) is 5.22. The molecule has 0 spiro atoms. The Bertz CT molecular complexity index is 902. The monoisotopic (exact) mass is 412 g/mol. The Balaban J connectivity index is 1.76. The molecule has 1 aliphatic carbocycles. The van der Waals surface area contributed by atoms with Crippen molar-refractivity contribution >= 4 is 17.5 Å². The Labute approximate surface area is 180 Å². The highest BCUT2D eigenvalue weighted by molar-refractivity contribution is 5.95. The number of hydrogen-bond acceptors (Lipinski definition) is 3. The first-order valence-corrected chi connectivity index (χ1v) is 11.3. The highest BCUT2D eigenvalue weighted by atomic mass is 16.2. The van der Waals surface area contributed by atoms with Gasteiger partial charge in [-0.25, -0.2) is 4.98 Å². The Kier molecular flexibility index (Phi) is 6.84. The molecule has 0 aromatic carbocycles. The molecule has 1 saturated carbocycles. The molecule has 2 amide bonds. The van der Waals surface area contributed by atoms with Crippen LogP contribution in [0, 0.1) is 17.3 Å². The second-order valence-electron chi connectivity index (χ2n) is 9.36. The molecule has 1 fully saturated rings. The van der Waals surface area contributed by atoms with Crippen LogP contribution in [0.3, 0.4) is 0 Å². The summed E-state index contributed by atoms with van der Waals surface area (Å²) in [7, 11) is 1.78. The average molecular weight is 413 g/mol. The van der Waals surface area contributed by atoms with Crippen LogP contribution in [0.4, 0.5) is 0 Å². The molecule has 2 atom stereocenters. The Morgan fingerprint density at radius 2 is 2.07 bits per heavy atom. The molecule has 2 aromatic rings. The maximum absolute atomic E-state index is 13.0. The number of rotatable bonds is 7. The van der Waals surface area contributed by atoms with E-state index in [2.05, 4.69) is 31.1 Å². The maximum atomic E-state index is 13.0. The van der Waals surface area contributed by atoms with Crippen LogP contribution < -0.4 is 5.32 Å². The van der Waals surface area contributed by atoms with E-state index in [0.29, 0.717) is 47.4 Å².